The van der Waals surface area contributed by atoms with E-state index in [1.54, 1.807) is 12.1 Å². The minimum absolute atomic E-state index is 0.0190. The summed E-state index contributed by atoms with van der Waals surface area (Å²) in [5.41, 5.74) is 5.84. The van der Waals surface area contributed by atoms with Crippen LogP contribution in [-0.4, -0.2) is 20.5 Å². The van der Waals surface area contributed by atoms with Crippen LogP contribution in [0.3, 0.4) is 0 Å². The van der Waals surface area contributed by atoms with Crippen molar-refractivity contribution in [1.82, 2.24) is 0 Å². The Morgan fingerprint density at radius 1 is 1.31 bits per heavy atom. The smallest absolute Gasteiger partial charge is 0.387 e. The van der Waals surface area contributed by atoms with Gasteiger partial charge in [0.05, 0.1) is 5.56 Å². The normalized spacial score (nSPS) is 10.6. The van der Waals surface area contributed by atoms with Crippen molar-refractivity contribution >= 4 is 0 Å². The van der Waals surface area contributed by atoms with E-state index >= 15 is 0 Å². The first-order valence-corrected chi connectivity index (χ1v) is 4.57. The molecule has 1 rings (SSSR count). The van der Waals surface area contributed by atoms with E-state index in [9.17, 15) is 8.78 Å². The van der Waals surface area contributed by atoms with Gasteiger partial charge in [-0.05, 0) is 12.1 Å². The number of benzene rings is 1. The summed E-state index contributed by atoms with van der Waals surface area (Å²) in [6.45, 7) is -2.82. The molecule has 1 aromatic rings. The minimum atomic E-state index is -2.89. The second kappa shape index (κ2) is 6.24. The van der Waals surface area contributed by atoms with Crippen molar-refractivity contribution in [3.8, 4) is 11.5 Å². The molecule has 0 aliphatic heterocycles. The summed E-state index contributed by atoms with van der Waals surface area (Å²) in [6, 6.07) is 4.56. The molecule has 4 nitrogen and oxygen atoms in total. The third-order valence-electron chi connectivity index (χ3n) is 1.84. The van der Waals surface area contributed by atoms with E-state index in [1.807, 2.05) is 0 Å². The standard InChI is InChI=1S/C10H13F2NO3/c1-14-6-15-8-3-2-4-9(7(8)5-13)16-10(11)12/h2-4,10H,5-6,13H2,1H3. The SMILES string of the molecule is COCOc1cccc(OC(F)F)c1CN. The van der Waals surface area contributed by atoms with Crippen LogP contribution in [0.5, 0.6) is 11.5 Å². The van der Waals surface area contributed by atoms with Crippen molar-refractivity contribution in [3.05, 3.63) is 23.8 Å². The molecule has 90 valence electrons. The van der Waals surface area contributed by atoms with E-state index in [1.165, 1.54) is 13.2 Å². The number of alkyl halides is 2. The van der Waals surface area contributed by atoms with E-state index in [-0.39, 0.29) is 19.1 Å². The maximum atomic E-state index is 12.1. The molecule has 16 heavy (non-hydrogen) atoms. The monoisotopic (exact) mass is 233 g/mol. The van der Waals surface area contributed by atoms with Gasteiger partial charge in [0, 0.05) is 13.7 Å². The first kappa shape index (κ1) is 12.7. The van der Waals surface area contributed by atoms with Crippen molar-refractivity contribution in [2.24, 2.45) is 5.73 Å². The molecule has 2 N–H and O–H groups in total. The van der Waals surface area contributed by atoms with Crippen LogP contribution in [0.25, 0.3) is 0 Å². The third-order valence-corrected chi connectivity index (χ3v) is 1.84. The van der Waals surface area contributed by atoms with Crippen LogP contribution in [0.2, 0.25) is 0 Å². The van der Waals surface area contributed by atoms with Crippen LogP contribution in [0.4, 0.5) is 8.78 Å². The lowest BCUT2D eigenvalue weighted by molar-refractivity contribution is -0.0507. The molecule has 0 saturated heterocycles. The summed E-state index contributed by atoms with van der Waals surface area (Å²) in [5, 5.41) is 0. The third kappa shape index (κ3) is 3.32. The molecule has 0 atom stereocenters. The maximum Gasteiger partial charge on any atom is 0.387 e. The average Bonchev–Trinajstić information content (AvgIpc) is 2.25. The Hall–Kier alpha value is -1.40. The summed E-state index contributed by atoms with van der Waals surface area (Å²) >= 11 is 0. The second-order valence-electron chi connectivity index (χ2n) is 2.87. The largest absolute Gasteiger partial charge is 0.467 e. The van der Waals surface area contributed by atoms with Gasteiger partial charge in [0.1, 0.15) is 11.5 Å². The first-order chi connectivity index (χ1) is 7.69. The summed E-state index contributed by atoms with van der Waals surface area (Å²) in [7, 11) is 1.46. The summed E-state index contributed by atoms with van der Waals surface area (Å²) < 4.78 is 38.4. The zero-order chi connectivity index (χ0) is 12.0. The van der Waals surface area contributed by atoms with Gasteiger partial charge in [0.2, 0.25) is 0 Å². The number of rotatable bonds is 6. The van der Waals surface area contributed by atoms with Gasteiger partial charge >= 0.3 is 6.61 Å². The fraction of sp³-hybridized carbons (Fsp3) is 0.400. The van der Waals surface area contributed by atoms with E-state index in [0.717, 1.165) is 0 Å². The van der Waals surface area contributed by atoms with Crippen molar-refractivity contribution < 1.29 is 23.0 Å². The number of halogens is 2. The fourth-order valence-electron chi connectivity index (χ4n) is 1.21. The zero-order valence-corrected chi connectivity index (χ0v) is 8.78. The molecular weight excluding hydrogens is 220 g/mol. The van der Waals surface area contributed by atoms with Crippen LogP contribution < -0.4 is 15.2 Å². The van der Waals surface area contributed by atoms with Crippen LogP contribution in [0, 0.1) is 0 Å². The molecule has 0 aliphatic rings. The van der Waals surface area contributed by atoms with Gasteiger partial charge in [-0.2, -0.15) is 8.78 Å². The number of hydrogen-bond donors (Lipinski definition) is 1. The van der Waals surface area contributed by atoms with Crippen molar-refractivity contribution in [3.63, 3.8) is 0 Å². The molecular formula is C10H13F2NO3. The average molecular weight is 233 g/mol. The summed E-state index contributed by atoms with van der Waals surface area (Å²) in [6.07, 6.45) is 0. The van der Waals surface area contributed by atoms with Crippen LogP contribution in [0.15, 0.2) is 18.2 Å². The number of ether oxygens (including phenoxy) is 3. The predicted molar refractivity (Wildman–Crippen MR) is 53.5 cm³/mol. The van der Waals surface area contributed by atoms with E-state index in [4.69, 9.17) is 15.2 Å². The lowest BCUT2D eigenvalue weighted by atomic mass is 10.2. The van der Waals surface area contributed by atoms with Gasteiger partial charge in [-0.1, -0.05) is 6.07 Å². The van der Waals surface area contributed by atoms with E-state index < -0.39 is 6.61 Å². The molecule has 0 aromatic heterocycles. The van der Waals surface area contributed by atoms with Crippen LogP contribution in [0.1, 0.15) is 5.56 Å². The molecule has 0 aliphatic carbocycles. The highest BCUT2D eigenvalue weighted by atomic mass is 19.3. The topological polar surface area (TPSA) is 53.7 Å². The zero-order valence-electron chi connectivity index (χ0n) is 8.78. The Morgan fingerprint density at radius 3 is 2.56 bits per heavy atom. The lowest BCUT2D eigenvalue weighted by Crippen LogP contribution is -2.09. The molecule has 0 bridgehead atoms. The molecule has 0 radical (unpaired) electrons. The number of methoxy groups -OCH3 is 1. The Kier molecular flexibility index (Phi) is 4.94. The molecule has 0 unspecified atom stereocenters. The first-order valence-electron chi connectivity index (χ1n) is 4.57. The van der Waals surface area contributed by atoms with Crippen LogP contribution in [-0.2, 0) is 11.3 Å². The predicted octanol–water partition coefficient (Wildman–Crippen LogP) is 1.73. The van der Waals surface area contributed by atoms with Crippen molar-refractivity contribution in [1.29, 1.82) is 0 Å². The fourth-order valence-corrected chi connectivity index (χ4v) is 1.21. The van der Waals surface area contributed by atoms with Gasteiger partial charge in [0.25, 0.3) is 0 Å². The Labute approximate surface area is 91.9 Å². The van der Waals surface area contributed by atoms with Gasteiger partial charge in [-0.3, -0.25) is 0 Å². The van der Waals surface area contributed by atoms with Crippen LogP contribution >= 0.6 is 0 Å². The minimum Gasteiger partial charge on any atom is -0.467 e. The van der Waals surface area contributed by atoms with Gasteiger partial charge < -0.3 is 19.9 Å². The summed E-state index contributed by atoms with van der Waals surface area (Å²) in [4.78, 5) is 0. The molecule has 0 amide bonds. The second-order valence-corrected chi connectivity index (χ2v) is 2.87. The molecule has 6 heteroatoms. The maximum absolute atomic E-state index is 12.1. The molecule has 1 aromatic carbocycles. The molecule has 0 fully saturated rings. The highest BCUT2D eigenvalue weighted by Crippen LogP contribution is 2.29. The molecule has 0 spiro atoms. The Balaban J connectivity index is 2.91. The number of nitrogens with two attached hydrogens (primary N) is 1. The highest BCUT2D eigenvalue weighted by molar-refractivity contribution is 5.44. The van der Waals surface area contributed by atoms with E-state index in [0.29, 0.717) is 11.3 Å². The van der Waals surface area contributed by atoms with Crippen molar-refractivity contribution in [2.45, 2.75) is 13.2 Å². The Morgan fingerprint density at radius 2 is 2.00 bits per heavy atom. The number of hydrogen-bond acceptors (Lipinski definition) is 4. The van der Waals surface area contributed by atoms with Gasteiger partial charge in [-0.15, -0.1) is 0 Å². The van der Waals surface area contributed by atoms with Gasteiger partial charge in [-0.25, -0.2) is 0 Å². The molecule has 0 heterocycles. The van der Waals surface area contributed by atoms with Crippen molar-refractivity contribution in [2.75, 3.05) is 13.9 Å². The quantitative estimate of drug-likeness (QED) is 0.760. The highest BCUT2D eigenvalue weighted by Gasteiger charge is 2.12. The van der Waals surface area contributed by atoms with Gasteiger partial charge in [0.15, 0.2) is 6.79 Å². The van der Waals surface area contributed by atoms with E-state index in [2.05, 4.69) is 4.74 Å². The summed E-state index contributed by atoms with van der Waals surface area (Å²) in [5.74, 6) is 0.397. The lowest BCUT2D eigenvalue weighted by Gasteiger charge is -2.14. The Bertz CT molecular complexity index is 334. The molecule has 0 saturated carbocycles.